The van der Waals surface area contributed by atoms with Gasteiger partial charge >= 0.3 is 0 Å². The number of nitrogens with zero attached hydrogens (tertiary/aromatic N) is 2. The third-order valence-corrected chi connectivity index (χ3v) is 2.73. The van der Waals surface area contributed by atoms with E-state index in [2.05, 4.69) is 10.1 Å². The Hall–Kier alpha value is -1.71. The van der Waals surface area contributed by atoms with Crippen molar-refractivity contribution < 1.29 is 5.21 Å². The molecule has 0 atom stereocenters. The van der Waals surface area contributed by atoms with Gasteiger partial charge in [-0.25, -0.2) is 0 Å². The lowest BCUT2D eigenvalue weighted by atomic mass is 10.1. The summed E-state index contributed by atoms with van der Waals surface area (Å²) >= 11 is 0. The first-order valence-corrected chi connectivity index (χ1v) is 5.15. The van der Waals surface area contributed by atoms with E-state index >= 15 is 0 Å². The van der Waals surface area contributed by atoms with E-state index in [-0.39, 0.29) is 5.84 Å². The van der Waals surface area contributed by atoms with Crippen LogP contribution in [0.5, 0.6) is 0 Å². The molecule has 80 valence electrons. The minimum atomic E-state index is 0.178. The van der Waals surface area contributed by atoms with E-state index in [0.29, 0.717) is 0 Å². The van der Waals surface area contributed by atoms with Crippen LogP contribution in [0.2, 0.25) is 0 Å². The van der Waals surface area contributed by atoms with Gasteiger partial charge in [-0.15, -0.1) is 0 Å². The van der Waals surface area contributed by atoms with E-state index in [4.69, 9.17) is 10.9 Å². The first kappa shape index (κ1) is 9.83. The molecule has 1 aromatic carbocycles. The van der Waals surface area contributed by atoms with Gasteiger partial charge in [0.2, 0.25) is 0 Å². The quantitative estimate of drug-likeness (QED) is 0.332. The molecule has 0 bridgehead atoms. The number of para-hydroxylation sites is 1. The standard InChI is InChI=1S/C11H15N3O/c12-11(13-15)9-5-1-2-6-10(9)14-7-3-4-8-14/h1-2,5-6,15H,3-4,7-8H2,(H2,12,13). The van der Waals surface area contributed by atoms with Crippen LogP contribution < -0.4 is 10.6 Å². The fraction of sp³-hybridized carbons (Fsp3) is 0.364. The van der Waals surface area contributed by atoms with E-state index in [1.54, 1.807) is 0 Å². The SMILES string of the molecule is NC(=NO)c1ccccc1N1CCCC1. The summed E-state index contributed by atoms with van der Waals surface area (Å²) in [5.74, 6) is 0.178. The molecule has 15 heavy (non-hydrogen) atoms. The summed E-state index contributed by atoms with van der Waals surface area (Å²) in [5.41, 5.74) is 7.50. The van der Waals surface area contributed by atoms with Gasteiger partial charge < -0.3 is 15.8 Å². The van der Waals surface area contributed by atoms with Crippen molar-refractivity contribution in [2.75, 3.05) is 18.0 Å². The molecule has 1 aliphatic rings. The molecule has 0 spiro atoms. The normalized spacial score (nSPS) is 17.1. The smallest absolute Gasteiger partial charge is 0.172 e. The first-order valence-electron chi connectivity index (χ1n) is 5.15. The Morgan fingerprint density at radius 1 is 1.27 bits per heavy atom. The van der Waals surface area contributed by atoms with Crippen LogP contribution >= 0.6 is 0 Å². The third kappa shape index (κ3) is 1.88. The second kappa shape index (κ2) is 4.21. The molecule has 1 fully saturated rings. The van der Waals surface area contributed by atoms with Crippen molar-refractivity contribution in [3.8, 4) is 0 Å². The zero-order chi connectivity index (χ0) is 10.7. The Labute approximate surface area is 89.0 Å². The number of nitrogens with two attached hydrogens (primary N) is 1. The average molecular weight is 205 g/mol. The summed E-state index contributed by atoms with van der Waals surface area (Å²) in [6.45, 7) is 2.10. The Kier molecular flexibility index (Phi) is 2.76. The maximum Gasteiger partial charge on any atom is 0.172 e. The second-order valence-corrected chi connectivity index (χ2v) is 3.70. The summed E-state index contributed by atoms with van der Waals surface area (Å²) in [4.78, 5) is 2.27. The van der Waals surface area contributed by atoms with Gasteiger partial charge in [-0.3, -0.25) is 0 Å². The molecule has 3 N–H and O–H groups in total. The molecule has 1 saturated heterocycles. The molecule has 0 aliphatic carbocycles. The van der Waals surface area contributed by atoms with Crippen molar-refractivity contribution >= 4 is 11.5 Å². The van der Waals surface area contributed by atoms with Crippen molar-refractivity contribution in [1.29, 1.82) is 0 Å². The van der Waals surface area contributed by atoms with Gasteiger partial charge in [0.25, 0.3) is 0 Å². The van der Waals surface area contributed by atoms with Gasteiger partial charge in [0.05, 0.1) is 0 Å². The summed E-state index contributed by atoms with van der Waals surface area (Å²) < 4.78 is 0. The summed E-state index contributed by atoms with van der Waals surface area (Å²) in [7, 11) is 0. The molecular weight excluding hydrogens is 190 g/mol. The van der Waals surface area contributed by atoms with Crippen LogP contribution in [-0.4, -0.2) is 24.1 Å². The zero-order valence-electron chi connectivity index (χ0n) is 8.56. The van der Waals surface area contributed by atoms with E-state index in [1.807, 2.05) is 24.3 Å². The summed E-state index contributed by atoms with van der Waals surface area (Å²) in [5, 5.41) is 11.8. The number of oxime groups is 1. The molecule has 0 aromatic heterocycles. The number of benzene rings is 1. The topological polar surface area (TPSA) is 61.9 Å². The number of anilines is 1. The van der Waals surface area contributed by atoms with Crippen molar-refractivity contribution in [2.24, 2.45) is 10.9 Å². The lowest BCUT2D eigenvalue weighted by molar-refractivity contribution is 0.318. The monoisotopic (exact) mass is 205 g/mol. The number of amidine groups is 1. The molecule has 0 saturated carbocycles. The molecule has 0 unspecified atom stereocenters. The highest BCUT2D eigenvalue weighted by atomic mass is 16.4. The minimum absolute atomic E-state index is 0.178. The predicted molar refractivity (Wildman–Crippen MR) is 60.4 cm³/mol. The largest absolute Gasteiger partial charge is 0.409 e. The minimum Gasteiger partial charge on any atom is -0.409 e. The van der Waals surface area contributed by atoms with Gasteiger partial charge in [0.15, 0.2) is 5.84 Å². The number of hydrogen-bond acceptors (Lipinski definition) is 3. The molecular formula is C11H15N3O. The third-order valence-electron chi connectivity index (χ3n) is 2.73. The molecule has 2 rings (SSSR count). The van der Waals surface area contributed by atoms with Gasteiger partial charge in [-0.05, 0) is 25.0 Å². The van der Waals surface area contributed by atoms with E-state index in [9.17, 15) is 0 Å². The molecule has 1 aromatic rings. The molecule has 0 amide bonds. The average Bonchev–Trinajstić information content (AvgIpc) is 2.81. The second-order valence-electron chi connectivity index (χ2n) is 3.70. The maximum atomic E-state index is 8.70. The Morgan fingerprint density at radius 3 is 2.60 bits per heavy atom. The molecule has 1 heterocycles. The fourth-order valence-corrected chi connectivity index (χ4v) is 1.98. The van der Waals surface area contributed by atoms with Crippen LogP contribution in [0.4, 0.5) is 5.69 Å². The lowest BCUT2D eigenvalue weighted by Gasteiger charge is -2.20. The Bertz CT molecular complexity index is 370. The van der Waals surface area contributed by atoms with E-state index in [1.165, 1.54) is 12.8 Å². The van der Waals surface area contributed by atoms with Crippen molar-refractivity contribution in [2.45, 2.75) is 12.8 Å². The number of rotatable bonds is 2. The van der Waals surface area contributed by atoms with Gasteiger partial charge in [-0.1, -0.05) is 17.3 Å². The van der Waals surface area contributed by atoms with E-state index < -0.39 is 0 Å². The highest BCUT2D eigenvalue weighted by molar-refractivity contribution is 6.02. The van der Waals surface area contributed by atoms with Crippen LogP contribution in [-0.2, 0) is 0 Å². The molecule has 4 heteroatoms. The summed E-state index contributed by atoms with van der Waals surface area (Å²) in [6.07, 6.45) is 2.43. The van der Waals surface area contributed by atoms with Crippen LogP contribution in [0.25, 0.3) is 0 Å². The van der Waals surface area contributed by atoms with Crippen molar-refractivity contribution in [1.82, 2.24) is 0 Å². The van der Waals surface area contributed by atoms with Crippen molar-refractivity contribution in [3.63, 3.8) is 0 Å². The van der Waals surface area contributed by atoms with Crippen LogP contribution in [0.3, 0.4) is 0 Å². The maximum absolute atomic E-state index is 8.70. The van der Waals surface area contributed by atoms with Crippen LogP contribution in [0, 0.1) is 0 Å². The molecule has 4 nitrogen and oxygen atoms in total. The zero-order valence-corrected chi connectivity index (χ0v) is 8.56. The molecule has 1 aliphatic heterocycles. The highest BCUT2D eigenvalue weighted by Crippen LogP contribution is 2.24. The lowest BCUT2D eigenvalue weighted by Crippen LogP contribution is -2.23. The van der Waals surface area contributed by atoms with E-state index in [0.717, 1.165) is 24.3 Å². The van der Waals surface area contributed by atoms with Gasteiger partial charge in [-0.2, -0.15) is 0 Å². The fourth-order valence-electron chi connectivity index (χ4n) is 1.98. The van der Waals surface area contributed by atoms with Crippen molar-refractivity contribution in [3.05, 3.63) is 29.8 Å². The Morgan fingerprint density at radius 2 is 1.93 bits per heavy atom. The molecule has 0 radical (unpaired) electrons. The van der Waals surface area contributed by atoms with Gasteiger partial charge in [0.1, 0.15) is 0 Å². The Balaban J connectivity index is 2.37. The highest BCUT2D eigenvalue weighted by Gasteiger charge is 2.16. The number of hydrogen-bond donors (Lipinski definition) is 2. The van der Waals surface area contributed by atoms with Gasteiger partial charge in [0, 0.05) is 24.3 Å². The van der Waals surface area contributed by atoms with Crippen LogP contribution in [0.1, 0.15) is 18.4 Å². The predicted octanol–water partition coefficient (Wildman–Crippen LogP) is 1.38. The summed E-state index contributed by atoms with van der Waals surface area (Å²) in [6, 6.07) is 7.76. The van der Waals surface area contributed by atoms with Crippen LogP contribution in [0.15, 0.2) is 29.4 Å². The first-order chi connectivity index (χ1) is 7.33.